The van der Waals surface area contributed by atoms with Crippen molar-refractivity contribution in [3.63, 3.8) is 0 Å². The molecule has 0 saturated carbocycles. The third-order valence-electron chi connectivity index (χ3n) is 4.95. The van der Waals surface area contributed by atoms with Crippen LogP contribution in [-0.2, 0) is 11.3 Å². The number of rotatable bonds is 6. The fourth-order valence-electron chi connectivity index (χ4n) is 3.49. The van der Waals surface area contributed by atoms with Gasteiger partial charge in [0.2, 0.25) is 5.91 Å². The van der Waals surface area contributed by atoms with Crippen LogP contribution in [0.5, 0.6) is 0 Å². The van der Waals surface area contributed by atoms with Crippen molar-refractivity contribution in [2.24, 2.45) is 0 Å². The maximum Gasteiger partial charge on any atom is 0.437 e. The predicted molar refractivity (Wildman–Crippen MR) is 117 cm³/mol. The molecule has 0 spiro atoms. The second kappa shape index (κ2) is 8.43. The topological polar surface area (TPSA) is 86.2 Å². The van der Waals surface area contributed by atoms with Gasteiger partial charge < -0.3 is 9.32 Å². The second-order valence-electron chi connectivity index (χ2n) is 7.41. The summed E-state index contributed by atoms with van der Waals surface area (Å²) in [4.78, 5) is 27.0. The Morgan fingerprint density at radius 2 is 1.71 bits per heavy atom. The number of nitrogens with zero attached hydrogens (tertiary/aromatic N) is 5. The SMILES string of the molecule is Cc1c(-c2nn(CC(=O)N(c3ccccc3)C(C)C)c(=O)o2)cnn1-c1ccccc1. The lowest BCUT2D eigenvalue weighted by molar-refractivity contribution is -0.119. The van der Waals surface area contributed by atoms with Gasteiger partial charge in [-0.3, -0.25) is 4.79 Å². The first kappa shape index (κ1) is 20.3. The third-order valence-corrected chi connectivity index (χ3v) is 4.95. The number of carbonyl (C=O) groups excluding carboxylic acids is 1. The van der Waals surface area contributed by atoms with Gasteiger partial charge in [0.05, 0.1) is 23.1 Å². The van der Waals surface area contributed by atoms with Gasteiger partial charge in [-0.25, -0.2) is 9.48 Å². The summed E-state index contributed by atoms with van der Waals surface area (Å²) in [5, 5.41) is 8.64. The summed E-state index contributed by atoms with van der Waals surface area (Å²) < 4.78 is 8.15. The molecule has 8 heteroatoms. The smallest absolute Gasteiger partial charge is 0.387 e. The second-order valence-corrected chi connectivity index (χ2v) is 7.41. The van der Waals surface area contributed by atoms with E-state index in [1.54, 1.807) is 15.8 Å². The van der Waals surface area contributed by atoms with Crippen LogP contribution in [-0.4, -0.2) is 31.5 Å². The van der Waals surface area contributed by atoms with Crippen molar-refractivity contribution >= 4 is 11.6 Å². The van der Waals surface area contributed by atoms with E-state index in [2.05, 4.69) is 10.2 Å². The summed E-state index contributed by atoms with van der Waals surface area (Å²) in [5.41, 5.74) is 3.02. The molecule has 0 saturated heterocycles. The fraction of sp³-hybridized carbons (Fsp3) is 0.217. The van der Waals surface area contributed by atoms with Crippen molar-refractivity contribution in [1.29, 1.82) is 0 Å². The van der Waals surface area contributed by atoms with Crippen LogP contribution in [0.15, 0.2) is 76.1 Å². The largest absolute Gasteiger partial charge is 0.437 e. The molecule has 4 rings (SSSR count). The summed E-state index contributed by atoms with van der Waals surface area (Å²) in [6.45, 7) is 5.49. The molecule has 0 unspecified atom stereocenters. The molecular weight excluding hydrogens is 394 g/mol. The zero-order chi connectivity index (χ0) is 22.0. The number of amides is 1. The van der Waals surface area contributed by atoms with E-state index >= 15 is 0 Å². The van der Waals surface area contributed by atoms with Crippen LogP contribution in [0.4, 0.5) is 5.69 Å². The number of hydrogen-bond donors (Lipinski definition) is 0. The Morgan fingerprint density at radius 3 is 2.35 bits per heavy atom. The van der Waals surface area contributed by atoms with Crippen LogP contribution in [0.2, 0.25) is 0 Å². The highest BCUT2D eigenvalue weighted by Gasteiger charge is 2.23. The van der Waals surface area contributed by atoms with Crippen LogP contribution in [0, 0.1) is 6.92 Å². The lowest BCUT2D eigenvalue weighted by atomic mass is 10.2. The van der Waals surface area contributed by atoms with Crippen molar-refractivity contribution in [3.05, 3.63) is 83.1 Å². The lowest BCUT2D eigenvalue weighted by Gasteiger charge is -2.26. The Kier molecular flexibility index (Phi) is 5.53. The Morgan fingerprint density at radius 1 is 1.06 bits per heavy atom. The maximum absolute atomic E-state index is 13.0. The van der Waals surface area contributed by atoms with Crippen molar-refractivity contribution in [2.75, 3.05) is 4.90 Å². The van der Waals surface area contributed by atoms with Crippen LogP contribution < -0.4 is 10.7 Å². The van der Waals surface area contributed by atoms with Crippen molar-refractivity contribution in [3.8, 4) is 17.1 Å². The van der Waals surface area contributed by atoms with Crippen LogP contribution in [0.25, 0.3) is 17.1 Å². The standard InChI is InChI=1S/C23H23N5O3/c1-16(2)27(18-10-6-4-7-11-18)21(29)15-26-23(30)31-22(25-26)20-14-24-28(17(20)3)19-12-8-5-9-13-19/h4-14,16H,15H2,1-3H3. The fourth-order valence-corrected chi connectivity index (χ4v) is 3.49. The van der Waals surface area contributed by atoms with Crippen molar-refractivity contribution < 1.29 is 9.21 Å². The Balaban J connectivity index is 1.61. The normalized spacial score (nSPS) is 11.1. The minimum absolute atomic E-state index is 0.0803. The van der Waals surface area contributed by atoms with Crippen molar-refractivity contribution in [1.82, 2.24) is 19.6 Å². The van der Waals surface area contributed by atoms with Crippen LogP contribution >= 0.6 is 0 Å². The minimum atomic E-state index is -0.688. The quantitative estimate of drug-likeness (QED) is 0.480. The molecule has 158 valence electrons. The van der Waals surface area contributed by atoms with Gasteiger partial charge >= 0.3 is 5.76 Å². The van der Waals surface area contributed by atoms with Gasteiger partial charge in [0.1, 0.15) is 6.54 Å². The molecule has 2 aromatic heterocycles. The number of hydrogen-bond acceptors (Lipinski definition) is 5. The first-order valence-electron chi connectivity index (χ1n) is 10.0. The van der Waals surface area contributed by atoms with E-state index in [1.807, 2.05) is 81.4 Å². The molecule has 8 nitrogen and oxygen atoms in total. The van der Waals surface area contributed by atoms with Gasteiger partial charge in [0, 0.05) is 11.7 Å². The summed E-state index contributed by atoms with van der Waals surface area (Å²) in [7, 11) is 0. The Labute approximate surface area is 179 Å². The lowest BCUT2D eigenvalue weighted by Crippen LogP contribution is -2.40. The van der Waals surface area contributed by atoms with E-state index in [9.17, 15) is 9.59 Å². The van der Waals surface area contributed by atoms with Gasteiger partial charge in [0.25, 0.3) is 5.89 Å². The maximum atomic E-state index is 13.0. The number of benzene rings is 2. The Bertz CT molecular complexity index is 1240. The zero-order valence-corrected chi connectivity index (χ0v) is 17.6. The van der Waals surface area contributed by atoms with E-state index in [-0.39, 0.29) is 24.4 Å². The molecular formula is C23H23N5O3. The molecule has 0 radical (unpaired) electrons. The van der Waals surface area contributed by atoms with Gasteiger partial charge in [-0.1, -0.05) is 36.4 Å². The minimum Gasteiger partial charge on any atom is -0.387 e. The number of anilines is 1. The molecule has 0 N–H and O–H groups in total. The molecule has 4 aromatic rings. The first-order valence-corrected chi connectivity index (χ1v) is 10.0. The highest BCUT2D eigenvalue weighted by atomic mass is 16.4. The number of carbonyl (C=O) groups is 1. The van der Waals surface area contributed by atoms with Gasteiger partial charge in [-0.2, -0.15) is 9.78 Å². The first-order chi connectivity index (χ1) is 15.0. The molecule has 31 heavy (non-hydrogen) atoms. The summed E-state index contributed by atoms with van der Waals surface area (Å²) in [5.74, 6) is -0.805. The highest BCUT2D eigenvalue weighted by Crippen LogP contribution is 2.23. The van der Waals surface area contributed by atoms with Crippen molar-refractivity contribution in [2.45, 2.75) is 33.4 Å². The molecule has 0 fully saturated rings. The highest BCUT2D eigenvalue weighted by molar-refractivity contribution is 5.93. The summed E-state index contributed by atoms with van der Waals surface area (Å²) in [6.07, 6.45) is 1.60. The monoisotopic (exact) mass is 417 g/mol. The molecule has 1 amide bonds. The molecule has 2 aromatic carbocycles. The molecule has 0 atom stereocenters. The van der Waals surface area contributed by atoms with Gasteiger partial charge in [-0.05, 0) is 45.0 Å². The molecule has 0 aliphatic heterocycles. The van der Waals surface area contributed by atoms with Gasteiger partial charge in [0.15, 0.2) is 0 Å². The van der Waals surface area contributed by atoms with E-state index in [0.29, 0.717) is 5.56 Å². The molecule has 0 aliphatic carbocycles. The molecule has 2 heterocycles. The van der Waals surface area contributed by atoms with E-state index in [4.69, 9.17) is 4.42 Å². The molecule has 0 bridgehead atoms. The average molecular weight is 417 g/mol. The number of aromatic nitrogens is 4. The predicted octanol–water partition coefficient (Wildman–Crippen LogP) is 3.44. The molecule has 0 aliphatic rings. The van der Waals surface area contributed by atoms with Gasteiger partial charge in [-0.15, -0.1) is 5.10 Å². The van der Waals surface area contributed by atoms with Crippen LogP contribution in [0.1, 0.15) is 19.5 Å². The van der Waals surface area contributed by atoms with Crippen LogP contribution in [0.3, 0.4) is 0 Å². The zero-order valence-electron chi connectivity index (χ0n) is 17.6. The Hall–Kier alpha value is -3.94. The van der Waals surface area contributed by atoms with E-state index < -0.39 is 5.76 Å². The number of para-hydroxylation sites is 2. The van der Waals surface area contributed by atoms with E-state index in [0.717, 1.165) is 21.8 Å². The third kappa shape index (κ3) is 4.05. The summed E-state index contributed by atoms with van der Waals surface area (Å²) >= 11 is 0. The summed E-state index contributed by atoms with van der Waals surface area (Å²) in [6, 6.07) is 18.9. The average Bonchev–Trinajstić information content (AvgIpc) is 3.31. The van der Waals surface area contributed by atoms with E-state index in [1.165, 1.54) is 0 Å².